The third-order valence-corrected chi connectivity index (χ3v) is 10.4. The van der Waals surface area contributed by atoms with Gasteiger partial charge < -0.3 is 5.11 Å². The molecule has 252 valence electrons. The molecule has 0 fully saturated rings. The molecule has 0 bridgehead atoms. The Kier molecular flexibility index (Phi) is 7.90. The highest BCUT2D eigenvalue weighted by Crippen LogP contribution is 2.57. The molecule has 1 aliphatic rings. The Bertz CT molecular complexity index is 2160. The molecule has 0 radical (unpaired) electrons. The van der Waals surface area contributed by atoms with Crippen LogP contribution >= 0.6 is 0 Å². The van der Waals surface area contributed by atoms with E-state index in [1.54, 1.807) is 6.07 Å². The molecule has 2 aromatic heterocycles. The lowest BCUT2D eigenvalue weighted by Crippen LogP contribution is -2.30. The summed E-state index contributed by atoms with van der Waals surface area (Å²) in [6.45, 7) is 20.4. The fraction of sp³-hybridized carbons (Fsp3) is 0.277. The summed E-state index contributed by atoms with van der Waals surface area (Å²) in [5.74, 6) is 0.225. The molecule has 3 heteroatoms. The van der Waals surface area contributed by atoms with Gasteiger partial charge in [-0.25, -0.2) is 4.98 Å². The van der Waals surface area contributed by atoms with E-state index in [0.717, 1.165) is 39.3 Å². The van der Waals surface area contributed by atoms with Crippen molar-refractivity contribution < 1.29 is 5.11 Å². The Hall–Kier alpha value is -5.02. The van der Waals surface area contributed by atoms with Crippen molar-refractivity contribution in [3.63, 3.8) is 0 Å². The molecule has 7 rings (SSSR count). The summed E-state index contributed by atoms with van der Waals surface area (Å²) < 4.78 is 0. The summed E-state index contributed by atoms with van der Waals surface area (Å²) in [5, 5.41) is 10.9. The van der Waals surface area contributed by atoms with Gasteiger partial charge >= 0.3 is 0 Å². The van der Waals surface area contributed by atoms with Crippen LogP contribution in [0, 0.1) is 0 Å². The highest BCUT2D eigenvalue weighted by molar-refractivity contribution is 5.87. The van der Waals surface area contributed by atoms with Crippen LogP contribution in [0.5, 0.6) is 5.75 Å². The molecule has 0 spiro atoms. The zero-order chi connectivity index (χ0) is 35.6. The van der Waals surface area contributed by atoms with E-state index < -0.39 is 5.41 Å². The molecule has 2 heterocycles. The Labute approximate surface area is 298 Å². The molecule has 6 aromatic rings. The highest BCUT2D eigenvalue weighted by atomic mass is 16.3. The summed E-state index contributed by atoms with van der Waals surface area (Å²) >= 11 is 0. The number of pyridine rings is 2. The topological polar surface area (TPSA) is 46.0 Å². The number of nitrogens with zero attached hydrogens (tertiary/aromatic N) is 2. The molecule has 0 unspecified atom stereocenters. The molecular weight excluding hydrogens is 609 g/mol. The zero-order valence-electron chi connectivity index (χ0n) is 30.9. The maximum Gasteiger partial charge on any atom is 0.124 e. The second kappa shape index (κ2) is 11.8. The van der Waals surface area contributed by atoms with E-state index >= 15 is 0 Å². The van der Waals surface area contributed by atoms with Crippen LogP contribution in [0.2, 0.25) is 0 Å². The summed E-state index contributed by atoms with van der Waals surface area (Å²) in [6, 6.07) is 41.1. The van der Waals surface area contributed by atoms with Gasteiger partial charge in [0.15, 0.2) is 0 Å². The van der Waals surface area contributed by atoms with Gasteiger partial charge in [-0.3, -0.25) is 4.98 Å². The lowest BCUT2D eigenvalue weighted by molar-refractivity contribution is 0.477. The number of aromatic nitrogens is 2. The van der Waals surface area contributed by atoms with E-state index in [2.05, 4.69) is 147 Å². The number of rotatable bonds is 4. The van der Waals surface area contributed by atoms with Crippen molar-refractivity contribution >= 4 is 0 Å². The Morgan fingerprint density at radius 3 is 1.64 bits per heavy atom. The molecular formula is C47H48N2O. The molecule has 0 amide bonds. The van der Waals surface area contributed by atoms with Gasteiger partial charge in [-0.05, 0) is 103 Å². The van der Waals surface area contributed by atoms with Gasteiger partial charge in [0.1, 0.15) is 5.75 Å². The molecule has 1 aliphatic carbocycles. The number of hydrogen-bond acceptors (Lipinski definition) is 3. The Morgan fingerprint density at radius 1 is 0.500 bits per heavy atom. The number of phenolic OH excluding ortho intramolecular Hbond substituents is 1. The van der Waals surface area contributed by atoms with Gasteiger partial charge in [-0.15, -0.1) is 0 Å². The van der Waals surface area contributed by atoms with Crippen molar-refractivity contribution in [2.24, 2.45) is 0 Å². The summed E-state index contributed by atoms with van der Waals surface area (Å²) in [6.07, 6.45) is 1.92. The van der Waals surface area contributed by atoms with Crippen molar-refractivity contribution in [2.75, 3.05) is 0 Å². The summed E-state index contributed by atoms with van der Waals surface area (Å²) in [5.41, 5.74) is 13.4. The van der Waals surface area contributed by atoms with Gasteiger partial charge in [0.25, 0.3) is 0 Å². The van der Waals surface area contributed by atoms with Crippen LogP contribution in [0.4, 0.5) is 0 Å². The largest absolute Gasteiger partial charge is 0.507 e. The number of phenols is 1. The van der Waals surface area contributed by atoms with E-state index in [-0.39, 0.29) is 22.0 Å². The van der Waals surface area contributed by atoms with Crippen LogP contribution in [0.1, 0.15) is 101 Å². The van der Waals surface area contributed by atoms with E-state index in [0.29, 0.717) is 0 Å². The second-order valence-corrected chi connectivity index (χ2v) is 17.0. The third-order valence-electron chi connectivity index (χ3n) is 10.4. The van der Waals surface area contributed by atoms with Gasteiger partial charge in [0.2, 0.25) is 0 Å². The fourth-order valence-electron chi connectivity index (χ4n) is 7.43. The van der Waals surface area contributed by atoms with E-state index in [1.807, 2.05) is 30.5 Å². The van der Waals surface area contributed by atoms with Crippen molar-refractivity contribution in [1.29, 1.82) is 0 Å². The standard InChI is InChI=1S/C47H48N2O/c1-44(2,3)31-20-22-35-36-23-21-32(45(4,5)6)27-39(36)47(38(35)26-31,43-19-12-13-24-48-43)33-16-14-15-30(25-33)40-28-34(46(7,8)9)29-41(49-40)37-17-10-11-18-42(37)50/h10-29,50H,1-9H3. The average Bonchev–Trinajstić information content (AvgIpc) is 3.37. The van der Waals surface area contributed by atoms with E-state index in [9.17, 15) is 5.11 Å². The van der Waals surface area contributed by atoms with Crippen LogP contribution in [0.3, 0.4) is 0 Å². The molecule has 0 saturated carbocycles. The average molecular weight is 657 g/mol. The van der Waals surface area contributed by atoms with Gasteiger partial charge in [-0.2, -0.15) is 0 Å². The minimum Gasteiger partial charge on any atom is -0.507 e. The molecule has 50 heavy (non-hydrogen) atoms. The smallest absolute Gasteiger partial charge is 0.124 e. The first kappa shape index (κ1) is 33.5. The van der Waals surface area contributed by atoms with Crippen LogP contribution in [0.15, 0.2) is 121 Å². The van der Waals surface area contributed by atoms with Gasteiger partial charge in [-0.1, -0.05) is 135 Å². The Balaban J connectivity index is 1.56. The van der Waals surface area contributed by atoms with Gasteiger partial charge in [0, 0.05) is 17.3 Å². The minimum atomic E-state index is -0.660. The van der Waals surface area contributed by atoms with E-state index in [1.165, 1.54) is 33.4 Å². The highest BCUT2D eigenvalue weighted by Gasteiger charge is 2.48. The van der Waals surface area contributed by atoms with Crippen molar-refractivity contribution in [3.05, 3.63) is 161 Å². The molecule has 0 saturated heterocycles. The quantitative estimate of drug-likeness (QED) is 0.205. The van der Waals surface area contributed by atoms with Gasteiger partial charge in [0.05, 0.1) is 22.5 Å². The SMILES string of the molecule is CC(C)(C)c1cc(-c2cccc(C3(c4ccccn4)c4cc(C(C)(C)C)ccc4-c4ccc(C(C)(C)C)cc43)c2)nc(-c2ccccc2O)c1. The fourth-order valence-corrected chi connectivity index (χ4v) is 7.43. The third kappa shape index (κ3) is 5.63. The number of fused-ring (bicyclic) bond motifs is 3. The second-order valence-electron chi connectivity index (χ2n) is 17.0. The number of benzene rings is 4. The minimum absolute atomic E-state index is 0.0329. The lowest BCUT2D eigenvalue weighted by Gasteiger charge is -2.34. The Morgan fingerprint density at radius 2 is 1.08 bits per heavy atom. The maximum atomic E-state index is 10.9. The summed E-state index contributed by atoms with van der Waals surface area (Å²) in [7, 11) is 0. The lowest BCUT2D eigenvalue weighted by atomic mass is 9.68. The zero-order valence-corrected chi connectivity index (χ0v) is 30.9. The predicted octanol–water partition coefficient (Wildman–Crippen LogP) is 11.8. The molecule has 0 aliphatic heterocycles. The van der Waals surface area contributed by atoms with Crippen LogP contribution in [0.25, 0.3) is 33.6 Å². The molecule has 3 nitrogen and oxygen atoms in total. The first-order chi connectivity index (χ1) is 23.6. The van der Waals surface area contributed by atoms with Crippen LogP contribution < -0.4 is 0 Å². The van der Waals surface area contributed by atoms with Crippen molar-refractivity contribution in [2.45, 2.75) is 84.0 Å². The maximum absolute atomic E-state index is 10.9. The molecule has 0 atom stereocenters. The number of aromatic hydroxyl groups is 1. The first-order valence-electron chi connectivity index (χ1n) is 17.7. The van der Waals surface area contributed by atoms with Crippen molar-refractivity contribution in [1.82, 2.24) is 9.97 Å². The van der Waals surface area contributed by atoms with Crippen LogP contribution in [-0.2, 0) is 21.7 Å². The van der Waals surface area contributed by atoms with Crippen LogP contribution in [-0.4, -0.2) is 15.1 Å². The number of para-hydroxylation sites is 1. The normalized spacial score (nSPS) is 13.9. The predicted molar refractivity (Wildman–Crippen MR) is 208 cm³/mol. The number of hydrogen-bond donors (Lipinski definition) is 1. The summed E-state index contributed by atoms with van der Waals surface area (Å²) in [4.78, 5) is 10.4. The first-order valence-corrected chi connectivity index (χ1v) is 17.7. The monoisotopic (exact) mass is 656 g/mol. The van der Waals surface area contributed by atoms with Crippen molar-refractivity contribution in [3.8, 4) is 39.4 Å². The van der Waals surface area contributed by atoms with E-state index in [4.69, 9.17) is 9.97 Å². The molecule has 1 N–H and O–H groups in total. The molecule has 4 aromatic carbocycles.